The molecule has 1 aliphatic heterocycles. The van der Waals surface area contributed by atoms with Gasteiger partial charge in [0.1, 0.15) is 0 Å². The number of carbonyl (C=O) groups is 1. The van der Waals surface area contributed by atoms with Gasteiger partial charge in [0, 0.05) is 37.0 Å². The third-order valence-corrected chi connectivity index (χ3v) is 6.07. The lowest BCUT2D eigenvalue weighted by atomic mass is 10.3. The third-order valence-electron chi connectivity index (χ3n) is 4.66. The zero-order valence-corrected chi connectivity index (χ0v) is 16.0. The molecule has 0 spiro atoms. The molecule has 0 aliphatic carbocycles. The molecule has 8 heteroatoms. The highest BCUT2D eigenvalue weighted by Crippen LogP contribution is 2.23. The van der Waals surface area contributed by atoms with Gasteiger partial charge in [-0.1, -0.05) is 18.2 Å². The van der Waals surface area contributed by atoms with Gasteiger partial charge in [0.05, 0.1) is 16.8 Å². The minimum atomic E-state index is -3.66. The second-order valence-corrected chi connectivity index (χ2v) is 8.36. The van der Waals surface area contributed by atoms with Gasteiger partial charge in [0.25, 0.3) is 0 Å². The highest BCUT2D eigenvalue weighted by molar-refractivity contribution is 7.89. The Morgan fingerprint density at radius 1 is 1.00 bits per heavy atom. The van der Waals surface area contributed by atoms with Crippen molar-refractivity contribution in [2.24, 2.45) is 0 Å². The molecule has 144 valence electrons. The van der Waals surface area contributed by atoms with Gasteiger partial charge >= 0.3 is 0 Å². The molecule has 1 amide bonds. The summed E-state index contributed by atoms with van der Waals surface area (Å²) in [4.78, 5) is 13.7. The molecule has 2 aromatic carbocycles. The molecule has 0 unspecified atom stereocenters. The summed E-state index contributed by atoms with van der Waals surface area (Å²) in [5.74, 6) is 0.0733. The number of hydrogen-bond donors (Lipinski definition) is 1. The van der Waals surface area contributed by atoms with E-state index >= 15 is 0 Å². The summed E-state index contributed by atoms with van der Waals surface area (Å²) in [5, 5.41) is 4.27. The van der Waals surface area contributed by atoms with Crippen LogP contribution < -0.4 is 9.62 Å². The fourth-order valence-electron chi connectivity index (χ4n) is 3.16. The van der Waals surface area contributed by atoms with Crippen LogP contribution in [0.4, 0.5) is 5.69 Å². The number of benzene rings is 2. The molecular weight excluding hydrogens is 376 g/mol. The Bertz CT molecular complexity index is 1080. The zero-order valence-electron chi connectivity index (χ0n) is 15.2. The molecule has 0 radical (unpaired) electrons. The van der Waals surface area contributed by atoms with Gasteiger partial charge in [0.2, 0.25) is 15.9 Å². The number of nitrogens with one attached hydrogen (secondary N) is 1. The van der Waals surface area contributed by atoms with Gasteiger partial charge in [-0.15, -0.1) is 0 Å². The van der Waals surface area contributed by atoms with Gasteiger partial charge in [0.15, 0.2) is 0 Å². The van der Waals surface area contributed by atoms with E-state index < -0.39 is 10.0 Å². The Kier molecular flexibility index (Phi) is 4.97. The van der Waals surface area contributed by atoms with E-state index in [4.69, 9.17) is 0 Å². The number of nitrogens with zero attached hydrogens (tertiary/aromatic N) is 3. The van der Waals surface area contributed by atoms with E-state index in [1.807, 2.05) is 30.3 Å². The monoisotopic (exact) mass is 396 g/mol. The van der Waals surface area contributed by atoms with Crippen LogP contribution in [0.1, 0.15) is 18.4 Å². The van der Waals surface area contributed by atoms with Crippen molar-refractivity contribution < 1.29 is 13.2 Å². The topological polar surface area (TPSA) is 84.3 Å². The zero-order chi connectivity index (χ0) is 19.6. The van der Waals surface area contributed by atoms with Crippen LogP contribution in [0.5, 0.6) is 0 Å². The number of amides is 1. The minimum Gasteiger partial charge on any atom is -0.312 e. The summed E-state index contributed by atoms with van der Waals surface area (Å²) >= 11 is 0. The fraction of sp³-hybridized carbons (Fsp3) is 0.200. The van der Waals surface area contributed by atoms with Crippen LogP contribution in [0.25, 0.3) is 5.69 Å². The summed E-state index contributed by atoms with van der Waals surface area (Å²) in [7, 11) is -3.66. The van der Waals surface area contributed by atoms with Crippen molar-refractivity contribution in [3.63, 3.8) is 0 Å². The maximum Gasteiger partial charge on any atom is 0.240 e. The Labute approximate surface area is 163 Å². The van der Waals surface area contributed by atoms with Crippen LogP contribution in [0.15, 0.2) is 71.9 Å². The van der Waals surface area contributed by atoms with E-state index in [0.717, 1.165) is 23.4 Å². The highest BCUT2D eigenvalue weighted by Gasteiger charge is 2.22. The second-order valence-electron chi connectivity index (χ2n) is 6.60. The molecular formula is C20H20N4O3S. The molecule has 0 bridgehead atoms. The quantitative estimate of drug-likeness (QED) is 0.694. The van der Waals surface area contributed by atoms with E-state index in [1.165, 1.54) is 12.1 Å². The molecule has 2 heterocycles. The van der Waals surface area contributed by atoms with Crippen molar-refractivity contribution in [2.45, 2.75) is 24.3 Å². The maximum atomic E-state index is 12.6. The third kappa shape index (κ3) is 3.83. The maximum absolute atomic E-state index is 12.6. The van der Waals surface area contributed by atoms with Crippen molar-refractivity contribution in [1.29, 1.82) is 0 Å². The number of para-hydroxylation sites is 1. The first kappa shape index (κ1) is 18.4. The second kappa shape index (κ2) is 7.57. The first-order valence-electron chi connectivity index (χ1n) is 9.02. The Morgan fingerprint density at radius 3 is 2.43 bits per heavy atom. The molecule has 0 atom stereocenters. The molecule has 1 fully saturated rings. The number of sulfonamides is 1. The van der Waals surface area contributed by atoms with Crippen LogP contribution >= 0.6 is 0 Å². The first-order chi connectivity index (χ1) is 13.5. The average molecular weight is 396 g/mol. The van der Waals surface area contributed by atoms with Crippen LogP contribution in [0, 0.1) is 0 Å². The van der Waals surface area contributed by atoms with E-state index in [1.54, 1.807) is 34.1 Å². The lowest BCUT2D eigenvalue weighted by Gasteiger charge is -2.16. The predicted molar refractivity (Wildman–Crippen MR) is 106 cm³/mol. The van der Waals surface area contributed by atoms with Crippen LogP contribution in [-0.4, -0.2) is 30.7 Å². The molecule has 28 heavy (non-hydrogen) atoms. The summed E-state index contributed by atoms with van der Waals surface area (Å²) in [5.41, 5.74) is 2.39. The van der Waals surface area contributed by atoms with E-state index in [-0.39, 0.29) is 17.3 Å². The normalized spacial score (nSPS) is 14.6. The van der Waals surface area contributed by atoms with Gasteiger partial charge < -0.3 is 4.90 Å². The number of carbonyl (C=O) groups excluding carboxylic acids is 1. The molecule has 7 nitrogen and oxygen atoms in total. The van der Waals surface area contributed by atoms with Crippen LogP contribution in [0.2, 0.25) is 0 Å². The number of rotatable bonds is 6. The molecule has 0 saturated carbocycles. The molecule has 1 saturated heterocycles. The summed E-state index contributed by atoms with van der Waals surface area (Å²) in [6, 6.07) is 16.0. The smallest absolute Gasteiger partial charge is 0.240 e. The molecule has 1 aromatic heterocycles. The van der Waals surface area contributed by atoms with Gasteiger partial charge in [-0.05, 0) is 42.8 Å². The van der Waals surface area contributed by atoms with Crippen molar-refractivity contribution in [3.8, 4) is 5.69 Å². The average Bonchev–Trinajstić information content (AvgIpc) is 3.36. The molecule has 1 N–H and O–H groups in total. The lowest BCUT2D eigenvalue weighted by Crippen LogP contribution is -2.25. The van der Waals surface area contributed by atoms with E-state index in [2.05, 4.69) is 9.82 Å². The minimum absolute atomic E-state index is 0.0733. The predicted octanol–water partition coefficient (Wildman–Crippen LogP) is 2.48. The van der Waals surface area contributed by atoms with Crippen LogP contribution in [-0.2, 0) is 21.4 Å². The Morgan fingerprint density at radius 2 is 1.75 bits per heavy atom. The van der Waals surface area contributed by atoms with E-state index in [9.17, 15) is 13.2 Å². The number of anilines is 1. The first-order valence-corrected chi connectivity index (χ1v) is 10.5. The van der Waals surface area contributed by atoms with Crippen molar-refractivity contribution in [3.05, 3.63) is 72.6 Å². The molecule has 1 aliphatic rings. The van der Waals surface area contributed by atoms with Crippen molar-refractivity contribution >= 4 is 21.6 Å². The number of aromatic nitrogens is 2. The summed E-state index contributed by atoms with van der Waals surface area (Å²) in [6.45, 7) is 0.816. The SMILES string of the molecule is O=C1CCCN1c1ccc(S(=O)(=O)NCc2cnn(-c3ccccc3)c2)cc1. The van der Waals surface area contributed by atoms with E-state index in [0.29, 0.717) is 13.0 Å². The standard InChI is InChI=1S/C20H20N4O3S/c25-20-7-4-12-23(20)17-8-10-19(11-9-17)28(26,27)22-14-16-13-21-24(15-16)18-5-2-1-3-6-18/h1-3,5-6,8-11,13,15,22H,4,7,12,14H2. The summed E-state index contributed by atoms with van der Waals surface area (Å²) < 4.78 is 29.4. The largest absolute Gasteiger partial charge is 0.312 e. The molecule has 3 aromatic rings. The fourth-order valence-corrected chi connectivity index (χ4v) is 4.18. The van der Waals surface area contributed by atoms with Gasteiger partial charge in [-0.25, -0.2) is 17.8 Å². The van der Waals surface area contributed by atoms with Gasteiger partial charge in [-0.3, -0.25) is 4.79 Å². The molecule has 4 rings (SSSR count). The Balaban J connectivity index is 1.43. The summed E-state index contributed by atoms with van der Waals surface area (Å²) in [6.07, 6.45) is 4.80. The lowest BCUT2D eigenvalue weighted by molar-refractivity contribution is -0.117. The Hall–Kier alpha value is -2.97. The highest BCUT2D eigenvalue weighted by atomic mass is 32.2. The van der Waals surface area contributed by atoms with Crippen molar-refractivity contribution in [1.82, 2.24) is 14.5 Å². The number of hydrogen-bond acceptors (Lipinski definition) is 4. The van der Waals surface area contributed by atoms with Crippen molar-refractivity contribution in [2.75, 3.05) is 11.4 Å². The van der Waals surface area contributed by atoms with Gasteiger partial charge in [-0.2, -0.15) is 5.10 Å². The van der Waals surface area contributed by atoms with Crippen LogP contribution in [0.3, 0.4) is 0 Å².